The summed E-state index contributed by atoms with van der Waals surface area (Å²) < 4.78 is 2.27. The number of carbonyl (C=O) groups is 1. The second-order valence-corrected chi connectivity index (χ2v) is 9.70. The number of aryl methyl sites for hydroxylation is 1. The van der Waals surface area contributed by atoms with E-state index in [1.165, 1.54) is 25.7 Å². The second-order valence-electron chi connectivity index (χ2n) is 8.91. The number of nitrogens with zero attached hydrogens (tertiary/aromatic N) is 4. The number of aromatic nitrogens is 2. The lowest BCUT2D eigenvalue weighted by Gasteiger charge is -2.36. The Bertz CT molecular complexity index is 959. The number of benzene rings is 1. The quantitative estimate of drug-likeness (QED) is 0.356. The van der Waals surface area contributed by atoms with Gasteiger partial charge in [-0.05, 0) is 51.8 Å². The smallest absolute Gasteiger partial charge is 0.271 e. The molecule has 2 fully saturated rings. The van der Waals surface area contributed by atoms with E-state index in [0.717, 1.165) is 56.4 Å². The number of halogens is 6. The van der Waals surface area contributed by atoms with Crippen molar-refractivity contribution in [2.75, 3.05) is 44.2 Å². The number of rotatable bonds is 7. The summed E-state index contributed by atoms with van der Waals surface area (Å²) in [6.45, 7) is 9.45. The van der Waals surface area contributed by atoms with Crippen LogP contribution in [0, 0.1) is 13.8 Å². The van der Waals surface area contributed by atoms with Crippen LogP contribution >= 0.6 is 72.8 Å². The summed E-state index contributed by atoms with van der Waals surface area (Å²) in [6, 6.07) is 6.29. The Morgan fingerprint density at radius 2 is 1.67 bits per heavy atom. The van der Waals surface area contributed by atoms with Gasteiger partial charge in [-0.3, -0.25) is 9.69 Å². The average molecular weight is 624 g/mol. The zero-order valence-corrected chi connectivity index (χ0v) is 25.5. The molecule has 1 amide bonds. The second kappa shape index (κ2) is 16.4. The largest absolute Gasteiger partial charge is 0.368 e. The first-order chi connectivity index (χ1) is 15.5. The van der Waals surface area contributed by atoms with Gasteiger partial charge in [0.1, 0.15) is 11.5 Å². The fourth-order valence-corrected chi connectivity index (χ4v) is 5.52. The van der Waals surface area contributed by atoms with E-state index in [4.69, 9.17) is 23.2 Å². The minimum atomic E-state index is -0.0530. The molecule has 1 aliphatic heterocycles. The van der Waals surface area contributed by atoms with E-state index in [9.17, 15) is 4.79 Å². The minimum absolute atomic E-state index is 0. The molecule has 0 spiro atoms. The summed E-state index contributed by atoms with van der Waals surface area (Å²) in [7, 11) is 0. The Morgan fingerprint density at radius 1 is 1.03 bits per heavy atom. The van der Waals surface area contributed by atoms with Gasteiger partial charge < -0.3 is 14.8 Å². The fraction of sp³-hybridized carbons (Fsp3) is 0.583. The Balaban J connectivity index is 0.00000306. The van der Waals surface area contributed by atoms with Gasteiger partial charge in [-0.2, -0.15) is 0 Å². The molecule has 1 aromatic heterocycles. The molecule has 0 radical (unpaired) electrons. The van der Waals surface area contributed by atoms with E-state index in [2.05, 4.69) is 24.7 Å². The molecule has 1 saturated heterocycles. The van der Waals surface area contributed by atoms with Gasteiger partial charge in [-0.15, -0.1) is 49.6 Å². The van der Waals surface area contributed by atoms with Gasteiger partial charge >= 0.3 is 0 Å². The van der Waals surface area contributed by atoms with Crippen LogP contribution in [0.3, 0.4) is 0 Å². The van der Waals surface area contributed by atoms with Crippen molar-refractivity contribution in [3.05, 3.63) is 45.5 Å². The first-order valence-corrected chi connectivity index (χ1v) is 12.5. The molecular formula is C24H37Cl6N5O. The van der Waals surface area contributed by atoms with Gasteiger partial charge in [0.05, 0.1) is 15.7 Å². The van der Waals surface area contributed by atoms with E-state index >= 15 is 0 Å². The van der Waals surface area contributed by atoms with Crippen molar-refractivity contribution in [1.82, 2.24) is 19.8 Å². The number of hydrogen-bond donors (Lipinski definition) is 1. The van der Waals surface area contributed by atoms with Crippen LogP contribution in [0.5, 0.6) is 0 Å². The van der Waals surface area contributed by atoms with Crippen LogP contribution in [0.25, 0.3) is 0 Å². The van der Waals surface area contributed by atoms with Gasteiger partial charge in [0, 0.05) is 44.5 Å². The Kier molecular flexibility index (Phi) is 16.1. The van der Waals surface area contributed by atoms with Crippen LogP contribution in [0.15, 0.2) is 18.2 Å². The summed E-state index contributed by atoms with van der Waals surface area (Å²) in [4.78, 5) is 22.0. The van der Waals surface area contributed by atoms with Crippen LogP contribution < -0.4 is 10.2 Å². The highest BCUT2D eigenvalue weighted by molar-refractivity contribution is 6.43. The van der Waals surface area contributed by atoms with Crippen molar-refractivity contribution in [3.8, 4) is 0 Å². The molecule has 4 rings (SSSR count). The third-order valence-corrected chi connectivity index (χ3v) is 7.62. The molecular weight excluding hydrogens is 587 g/mol. The van der Waals surface area contributed by atoms with Crippen LogP contribution in [-0.2, 0) is 0 Å². The number of piperazine rings is 1. The van der Waals surface area contributed by atoms with E-state index in [0.29, 0.717) is 28.3 Å². The van der Waals surface area contributed by atoms with Crippen LogP contribution in [0.1, 0.15) is 60.2 Å². The Morgan fingerprint density at radius 3 is 2.31 bits per heavy atom. The summed E-state index contributed by atoms with van der Waals surface area (Å²) in [5.74, 6) is 0.903. The van der Waals surface area contributed by atoms with E-state index < -0.39 is 0 Å². The topological polar surface area (TPSA) is 53.4 Å². The molecule has 2 aromatic rings. The summed E-state index contributed by atoms with van der Waals surface area (Å²) in [5, 5.41) is 4.30. The summed E-state index contributed by atoms with van der Waals surface area (Å²) in [5.41, 5.74) is 2.60. The van der Waals surface area contributed by atoms with Crippen LogP contribution in [-0.4, -0.2) is 59.6 Å². The molecule has 36 heavy (non-hydrogen) atoms. The third kappa shape index (κ3) is 8.20. The van der Waals surface area contributed by atoms with Crippen molar-refractivity contribution in [3.63, 3.8) is 0 Å². The lowest BCUT2D eigenvalue weighted by Crippen LogP contribution is -2.47. The Hall–Kier alpha value is -0.600. The van der Waals surface area contributed by atoms with Gasteiger partial charge in [-0.1, -0.05) is 42.1 Å². The molecule has 0 atom stereocenters. The number of anilines is 1. The first-order valence-electron chi connectivity index (χ1n) is 11.7. The summed E-state index contributed by atoms with van der Waals surface area (Å²) in [6.07, 6.45) is 5.84. The van der Waals surface area contributed by atoms with Crippen molar-refractivity contribution in [1.29, 1.82) is 0 Å². The van der Waals surface area contributed by atoms with Gasteiger partial charge in [0.2, 0.25) is 0 Å². The SMILES string of the molecule is Cc1nc(C(=O)NCCCN2CCN(c3cccc(Cl)c3Cl)CC2)c(C)n1C1CCCC1.Cl.Cl.Cl.Cl. The minimum Gasteiger partial charge on any atom is -0.368 e. The highest BCUT2D eigenvalue weighted by Gasteiger charge is 2.25. The van der Waals surface area contributed by atoms with Gasteiger partial charge in [0.25, 0.3) is 5.91 Å². The lowest BCUT2D eigenvalue weighted by atomic mass is 10.2. The number of hydrogen-bond acceptors (Lipinski definition) is 4. The predicted octanol–water partition coefficient (Wildman–Crippen LogP) is 6.55. The maximum absolute atomic E-state index is 12.7. The number of amides is 1. The first kappa shape index (κ1) is 35.4. The highest BCUT2D eigenvalue weighted by atomic mass is 35.5. The number of carbonyl (C=O) groups excluding carboxylic acids is 1. The van der Waals surface area contributed by atoms with E-state index in [1.807, 2.05) is 32.0 Å². The molecule has 1 saturated carbocycles. The maximum atomic E-state index is 12.7. The number of imidazole rings is 1. The van der Waals surface area contributed by atoms with Crippen molar-refractivity contribution < 1.29 is 4.79 Å². The molecule has 12 heteroatoms. The Labute approximate surface area is 249 Å². The van der Waals surface area contributed by atoms with Crippen LogP contribution in [0.4, 0.5) is 5.69 Å². The normalized spacial score (nSPS) is 15.8. The van der Waals surface area contributed by atoms with Crippen molar-refractivity contribution in [2.45, 2.75) is 52.0 Å². The lowest BCUT2D eigenvalue weighted by molar-refractivity contribution is 0.0946. The molecule has 2 heterocycles. The molecule has 0 bridgehead atoms. The molecule has 2 aliphatic rings. The highest BCUT2D eigenvalue weighted by Crippen LogP contribution is 2.33. The van der Waals surface area contributed by atoms with Crippen LogP contribution in [0.2, 0.25) is 10.0 Å². The fourth-order valence-electron chi connectivity index (χ4n) is 5.11. The predicted molar refractivity (Wildman–Crippen MR) is 160 cm³/mol. The third-order valence-electron chi connectivity index (χ3n) is 6.81. The van der Waals surface area contributed by atoms with E-state index in [-0.39, 0.29) is 55.5 Å². The molecule has 0 unspecified atom stereocenters. The molecule has 6 nitrogen and oxygen atoms in total. The zero-order valence-electron chi connectivity index (χ0n) is 20.7. The zero-order chi connectivity index (χ0) is 22.7. The average Bonchev–Trinajstić information content (AvgIpc) is 3.41. The summed E-state index contributed by atoms with van der Waals surface area (Å²) >= 11 is 12.5. The van der Waals surface area contributed by atoms with E-state index in [1.54, 1.807) is 0 Å². The molecule has 206 valence electrons. The standard InChI is InChI=1S/C24H33Cl2N5O.4ClH/c1-17-23(28-18(2)31(17)19-7-3-4-8-19)24(32)27-11-6-12-29-13-15-30(16-14-29)21-10-5-9-20(25)22(21)26;;;;/h5,9-10,19H,3-4,6-8,11-16H2,1-2H3,(H,27,32);4*1H. The molecule has 1 aromatic carbocycles. The van der Waals surface area contributed by atoms with Gasteiger partial charge in [0.15, 0.2) is 0 Å². The van der Waals surface area contributed by atoms with Gasteiger partial charge in [-0.25, -0.2) is 4.98 Å². The molecule has 1 aliphatic carbocycles. The number of nitrogens with one attached hydrogen (secondary N) is 1. The monoisotopic (exact) mass is 621 g/mol. The van der Waals surface area contributed by atoms with Crippen molar-refractivity contribution >= 4 is 84.4 Å². The maximum Gasteiger partial charge on any atom is 0.271 e. The molecule has 1 N–H and O–H groups in total. The van der Waals surface area contributed by atoms with Crippen molar-refractivity contribution in [2.24, 2.45) is 0 Å².